The Bertz CT molecular complexity index is 1270. The molecule has 0 aliphatic heterocycles. The van der Waals surface area contributed by atoms with Crippen molar-refractivity contribution in [2.75, 3.05) is 0 Å². The van der Waals surface area contributed by atoms with E-state index in [2.05, 4.69) is 82.7 Å². The Hall–Kier alpha value is -2.43. The van der Waals surface area contributed by atoms with Gasteiger partial charge in [-0.3, -0.25) is 0 Å². The molecular weight excluding hydrogens is 529 g/mol. The lowest BCUT2D eigenvalue weighted by Gasteiger charge is -2.16. The van der Waals surface area contributed by atoms with E-state index in [1.165, 1.54) is 22.3 Å². The fourth-order valence-corrected chi connectivity index (χ4v) is 7.13. The minimum atomic E-state index is -3.47. The van der Waals surface area contributed by atoms with E-state index in [1.54, 1.807) is 35.6 Å². The SMILES string of the molecule is CC(C)=CCCC(C)=CCCC(C)=CCCC(C)=CC(CC(C)=CCCc1ccsc1)S(=O)(=O)c1ccccc1. The maximum Gasteiger partial charge on any atom is 0.185 e. The molecule has 2 nitrogen and oxygen atoms in total. The Morgan fingerprint density at radius 3 is 1.88 bits per heavy atom. The van der Waals surface area contributed by atoms with Crippen LogP contribution < -0.4 is 0 Å². The average Bonchev–Trinajstić information content (AvgIpc) is 3.42. The summed E-state index contributed by atoms with van der Waals surface area (Å²) in [5, 5.41) is 3.72. The molecule has 0 fully saturated rings. The zero-order chi connectivity index (χ0) is 29.4. The standard InChI is InChI=1S/C36H50O2S2/c1-29(2)14-10-15-30(3)16-11-17-31(4)18-12-19-32(5)26-36(40(37,38)35-22-8-7-9-23-35)27-33(6)20-13-21-34-24-25-39-28-34/h7-9,14,16,18,20,22-26,28,36H,10-13,15,17,19,21,27H2,1-6H3. The lowest BCUT2D eigenvalue weighted by Crippen LogP contribution is -2.20. The Balaban J connectivity index is 2.00. The van der Waals surface area contributed by atoms with Crippen molar-refractivity contribution < 1.29 is 8.42 Å². The lowest BCUT2D eigenvalue weighted by atomic mass is 10.0. The molecule has 218 valence electrons. The summed E-state index contributed by atoms with van der Waals surface area (Å²) in [6.07, 6.45) is 19.8. The van der Waals surface area contributed by atoms with E-state index in [0.29, 0.717) is 11.3 Å². The van der Waals surface area contributed by atoms with Crippen LogP contribution in [-0.2, 0) is 16.3 Å². The number of allylic oxidation sites excluding steroid dienone is 9. The third kappa shape index (κ3) is 13.3. The van der Waals surface area contributed by atoms with Gasteiger partial charge in [-0.05, 0) is 134 Å². The molecular formula is C36H50O2S2. The van der Waals surface area contributed by atoms with Gasteiger partial charge >= 0.3 is 0 Å². The molecule has 0 radical (unpaired) electrons. The Kier molecular flexibility index (Phi) is 15.3. The number of hydrogen-bond donors (Lipinski definition) is 0. The molecule has 1 heterocycles. The van der Waals surface area contributed by atoms with Crippen molar-refractivity contribution >= 4 is 21.2 Å². The molecule has 2 aromatic rings. The fraction of sp³-hybridized carbons (Fsp3) is 0.444. The molecule has 0 bridgehead atoms. The highest BCUT2D eigenvalue weighted by molar-refractivity contribution is 7.92. The van der Waals surface area contributed by atoms with E-state index in [-0.39, 0.29) is 0 Å². The van der Waals surface area contributed by atoms with Crippen LogP contribution in [0.2, 0.25) is 0 Å². The molecule has 0 amide bonds. The van der Waals surface area contributed by atoms with Crippen molar-refractivity contribution in [3.63, 3.8) is 0 Å². The van der Waals surface area contributed by atoms with Crippen molar-refractivity contribution in [3.8, 4) is 0 Å². The summed E-state index contributed by atoms with van der Waals surface area (Å²) in [4.78, 5) is 0.398. The highest BCUT2D eigenvalue weighted by Crippen LogP contribution is 2.25. The number of thiophene rings is 1. The van der Waals surface area contributed by atoms with Crippen molar-refractivity contribution in [1.29, 1.82) is 0 Å². The van der Waals surface area contributed by atoms with Crippen LogP contribution in [0.3, 0.4) is 0 Å². The van der Waals surface area contributed by atoms with Gasteiger partial charge in [0.25, 0.3) is 0 Å². The van der Waals surface area contributed by atoms with Crippen molar-refractivity contribution in [2.45, 2.75) is 109 Å². The summed E-state index contributed by atoms with van der Waals surface area (Å²) >= 11 is 1.72. The van der Waals surface area contributed by atoms with Crippen LogP contribution >= 0.6 is 11.3 Å². The van der Waals surface area contributed by atoms with E-state index < -0.39 is 15.1 Å². The van der Waals surface area contributed by atoms with E-state index >= 15 is 0 Å². The molecule has 0 aliphatic rings. The van der Waals surface area contributed by atoms with Crippen molar-refractivity contribution in [3.05, 3.63) is 111 Å². The van der Waals surface area contributed by atoms with Gasteiger partial charge in [0, 0.05) is 0 Å². The van der Waals surface area contributed by atoms with Crippen molar-refractivity contribution in [2.24, 2.45) is 0 Å². The molecule has 1 atom stereocenters. The average molecular weight is 579 g/mol. The molecule has 0 saturated heterocycles. The topological polar surface area (TPSA) is 34.1 Å². The molecule has 0 aliphatic carbocycles. The van der Waals surface area contributed by atoms with Crippen LogP contribution in [-0.4, -0.2) is 13.7 Å². The number of rotatable bonds is 17. The van der Waals surface area contributed by atoms with E-state index in [1.807, 2.05) is 12.1 Å². The zero-order valence-electron chi connectivity index (χ0n) is 25.6. The largest absolute Gasteiger partial charge is 0.223 e. The predicted molar refractivity (Wildman–Crippen MR) is 177 cm³/mol. The first-order valence-corrected chi connectivity index (χ1v) is 17.1. The van der Waals surface area contributed by atoms with Crippen LogP contribution in [0.4, 0.5) is 0 Å². The van der Waals surface area contributed by atoms with Crippen LogP contribution in [0.5, 0.6) is 0 Å². The highest BCUT2D eigenvalue weighted by Gasteiger charge is 2.26. The second-order valence-corrected chi connectivity index (χ2v) is 14.3. The second-order valence-electron chi connectivity index (χ2n) is 11.3. The van der Waals surface area contributed by atoms with Crippen molar-refractivity contribution in [1.82, 2.24) is 0 Å². The number of sulfone groups is 1. The van der Waals surface area contributed by atoms with Gasteiger partial charge in [-0.2, -0.15) is 11.3 Å². The summed E-state index contributed by atoms with van der Waals surface area (Å²) in [6.45, 7) is 12.9. The number of benzene rings is 1. The maximum absolute atomic E-state index is 13.6. The molecule has 0 spiro atoms. The van der Waals surface area contributed by atoms with Gasteiger partial charge in [0.1, 0.15) is 0 Å². The lowest BCUT2D eigenvalue weighted by molar-refractivity contribution is 0.586. The molecule has 40 heavy (non-hydrogen) atoms. The van der Waals surface area contributed by atoms with Gasteiger partial charge in [0.15, 0.2) is 9.84 Å². The minimum Gasteiger partial charge on any atom is -0.223 e. The zero-order valence-corrected chi connectivity index (χ0v) is 27.2. The fourth-order valence-electron chi connectivity index (χ4n) is 4.65. The summed E-state index contributed by atoms with van der Waals surface area (Å²) in [5.74, 6) is 0. The Morgan fingerprint density at radius 2 is 1.30 bits per heavy atom. The molecule has 1 unspecified atom stereocenters. The first-order valence-electron chi connectivity index (χ1n) is 14.7. The Labute approximate surface area is 249 Å². The predicted octanol–water partition coefficient (Wildman–Crippen LogP) is 11.0. The molecule has 1 aromatic carbocycles. The molecule has 1 aromatic heterocycles. The summed E-state index contributed by atoms with van der Waals surface area (Å²) in [7, 11) is -3.47. The normalized spacial score (nSPS) is 14.3. The van der Waals surface area contributed by atoms with E-state index in [4.69, 9.17) is 0 Å². The summed E-state index contributed by atoms with van der Waals surface area (Å²) in [6, 6.07) is 11.1. The van der Waals surface area contributed by atoms with Gasteiger partial charge in [0.05, 0.1) is 10.1 Å². The van der Waals surface area contributed by atoms with Gasteiger partial charge in [-0.15, -0.1) is 0 Å². The monoisotopic (exact) mass is 578 g/mol. The first-order chi connectivity index (χ1) is 19.1. The number of aryl methyl sites for hydroxylation is 1. The van der Waals surface area contributed by atoms with Crippen LogP contribution in [0, 0.1) is 0 Å². The highest BCUT2D eigenvalue weighted by atomic mass is 32.2. The molecule has 0 saturated carbocycles. The summed E-state index contributed by atoms with van der Waals surface area (Å²) < 4.78 is 27.3. The van der Waals surface area contributed by atoms with Crippen LogP contribution in [0.25, 0.3) is 0 Å². The van der Waals surface area contributed by atoms with Gasteiger partial charge in [-0.1, -0.05) is 76.4 Å². The van der Waals surface area contributed by atoms with Gasteiger partial charge in [0.2, 0.25) is 0 Å². The molecule has 2 rings (SSSR count). The van der Waals surface area contributed by atoms with Gasteiger partial charge in [-0.25, -0.2) is 8.42 Å². The minimum absolute atomic E-state index is 0.398. The smallest absolute Gasteiger partial charge is 0.185 e. The number of hydrogen-bond acceptors (Lipinski definition) is 3. The van der Waals surface area contributed by atoms with E-state index in [0.717, 1.165) is 62.5 Å². The molecule has 0 N–H and O–H groups in total. The molecule has 4 heteroatoms. The maximum atomic E-state index is 13.6. The van der Waals surface area contributed by atoms with E-state index in [9.17, 15) is 8.42 Å². The third-order valence-corrected chi connectivity index (χ3v) is 9.89. The second kappa shape index (κ2) is 18.1. The Morgan fingerprint density at radius 1 is 0.725 bits per heavy atom. The third-order valence-electron chi connectivity index (χ3n) is 7.12. The van der Waals surface area contributed by atoms with Gasteiger partial charge < -0.3 is 0 Å². The quantitative estimate of drug-likeness (QED) is 0.175. The first kappa shape index (κ1) is 33.8. The van der Waals surface area contributed by atoms with Crippen LogP contribution in [0.15, 0.2) is 110 Å². The van der Waals surface area contributed by atoms with Crippen LogP contribution in [0.1, 0.15) is 98.5 Å². The summed E-state index contributed by atoms with van der Waals surface area (Å²) in [5.41, 5.74) is 7.85.